The molecule has 0 spiro atoms. The number of aryl methyl sites for hydroxylation is 4. The molecule has 0 unspecified atom stereocenters. The number of hydrogen-bond donors (Lipinski definition) is 2. The van der Waals surface area contributed by atoms with Crippen LogP contribution in [0.2, 0.25) is 0 Å². The Morgan fingerprint density at radius 2 is 2.05 bits per heavy atom. The van der Waals surface area contributed by atoms with Crippen LogP contribution in [0.5, 0.6) is 0 Å². The lowest BCUT2D eigenvalue weighted by molar-refractivity contribution is 0.841. The van der Waals surface area contributed by atoms with Gasteiger partial charge in [-0.05, 0) is 34.1 Å². The largest absolute Gasteiger partial charge is 0.363 e. The molecule has 19 heavy (non-hydrogen) atoms. The van der Waals surface area contributed by atoms with E-state index in [-0.39, 0.29) is 6.04 Å². The Kier molecular flexibility index (Phi) is 3.83. The molecule has 2 heterocycles. The zero-order chi connectivity index (χ0) is 14.0. The van der Waals surface area contributed by atoms with Crippen molar-refractivity contribution in [2.45, 2.75) is 47.1 Å². The molecule has 1 atom stereocenters. The number of nitrogens with one attached hydrogen (secondary N) is 2. The summed E-state index contributed by atoms with van der Waals surface area (Å²) in [7, 11) is 0. The number of rotatable bonds is 4. The first kappa shape index (κ1) is 13.5. The fourth-order valence-corrected chi connectivity index (χ4v) is 2.35. The molecule has 0 aliphatic rings. The van der Waals surface area contributed by atoms with E-state index in [1.54, 1.807) is 0 Å². The van der Waals surface area contributed by atoms with E-state index in [4.69, 9.17) is 0 Å². The second kappa shape index (κ2) is 5.38. The normalized spacial score (nSPS) is 12.5. The zero-order valence-corrected chi connectivity index (χ0v) is 12.2. The lowest BCUT2D eigenvalue weighted by atomic mass is 10.1. The molecule has 0 aromatic carbocycles. The van der Waals surface area contributed by atoms with Crippen molar-refractivity contribution in [3.05, 3.63) is 34.5 Å². The highest BCUT2D eigenvalue weighted by Crippen LogP contribution is 2.24. The summed E-state index contributed by atoms with van der Waals surface area (Å²) in [5.74, 6) is 1.70. The van der Waals surface area contributed by atoms with E-state index in [2.05, 4.69) is 39.3 Å². The van der Waals surface area contributed by atoms with E-state index < -0.39 is 0 Å². The maximum absolute atomic E-state index is 4.50. The zero-order valence-electron chi connectivity index (χ0n) is 12.2. The third-order valence-corrected chi connectivity index (χ3v) is 3.34. The fraction of sp³-hybridized carbons (Fsp3) is 0.500. The van der Waals surface area contributed by atoms with Crippen molar-refractivity contribution < 1.29 is 0 Å². The van der Waals surface area contributed by atoms with Crippen molar-refractivity contribution in [2.24, 2.45) is 0 Å². The highest BCUT2D eigenvalue weighted by molar-refractivity contribution is 5.46. The summed E-state index contributed by atoms with van der Waals surface area (Å²) >= 11 is 0. The van der Waals surface area contributed by atoms with Gasteiger partial charge in [-0.2, -0.15) is 5.10 Å². The highest BCUT2D eigenvalue weighted by Gasteiger charge is 2.16. The summed E-state index contributed by atoms with van der Waals surface area (Å²) in [6.45, 7) is 10.2. The van der Waals surface area contributed by atoms with Crippen LogP contribution in [0, 0.1) is 20.8 Å². The Morgan fingerprint density at radius 3 is 2.63 bits per heavy atom. The van der Waals surface area contributed by atoms with E-state index in [9.17, 15) is 0 Å². The van der Waals surface area contributed by atoms with Crippen LogP contribution in [0.1, 0.15) is 48.2 Å². The highest BCUT2D eigenvalue weighted by atomic mass is 15.1. The molecule has 2 N–H and O–H groups in total. The first-order valence-corrected chi connectivity index (χ1v) is 6.63. The van der Waals surface area contributed by atoms with E-state index >= 15 is 0 Å². The molecule has 0 fully saturated rings. The van der Waals surface area contributed by atoms with Crippen molar-refractivity contribution in [3.63, 3.8) is 0 Å². The molecule has 0 radical (unpaired) electrons. The summed E-state index contributed by atoms with van der Waals surface area (Å²) in [6, 6.07) is 0.165. The molecule has 0 saturated carbocycles. The average molecular weight is 259 g/mol. The number of nitrogens with zero attached hydrogens (tertiary/aromatic N) is 3. The van der Waals surface area contributed by atoms with Gasteiger partial charge in [-0.1, -0.05) is 6.92 Å². The van der Waals surface area contributed by atoms with Crippen LogP contribution in [0.4, 0.5) is 5.82 Å². The fourth-order valence-electron chi connectivity index (χ4n) is 2.35. The molecule has 0 bridgehead atoms. The SMILES string of the molecule is CCc1cnc(C)nc1N[C@H](C)c1c(C)n[nH]c1C. The molecule has 5 heteroatoms. The third-order valence-electron chi connectivity index (χ3n) is 3.34. The molecule has 102 valence electrons. The lowest BCUT2D eigenvalue weighted by Crippen LogP contribution is -2.12. The predicted molar refractivity (Wildman–Crippen MR) is 76.2 cm³/mol. The second-order valence-electron chi connectivity index (χ2n) is 4.86. The van der Waals surface area contributed by atoms with Crippen LogP contribution in [-0.4, -0.2) is 20.2 Å². The Morgan fingerprint density at radius 1 is 1.32 bits per heavy atom. The molecule has 2 aromatic heterocycles. The Balaban J connectivity index is 2.28. The molecule has 2 aromatic rings. The van der Waals surface area contributed by atoms with Gasteiger partial charge in [0.1, 0.15) is 11.6 Å². The molecule has 0 saturated heterocycles. The summed E-state index contributed by atoms with van der Waals surface area (Å²) in [4.78, 5) is 8.75. The summed E-state index contributed by atoms with van der Waals surface area (Å²) in [5, 5.41) is 10.7. The van der Waals surface area contributed by atoms with Crippen LogP contribution >= 0.6 is 0 Å². The number of anilines is 1. The van der Waals surface area contributed by atoms with E-state index in [0.717, 1.165) is 35.0 Å². The van der Waals surface area contributed by atoms with Crippen LogP contribution < -0.4 is 5.32 Å². The molecule has 0 aliphatic heterocycles. The molecule has 2 rings (SSSR count). The molecular formula is C14H21N5. The monoisotopic (exact) mass is 259 g/mol. The van der Waals surface area contributed by atoms with Gasteiger partial charge < -0.3 is 5.32 Å². The van der Waals surface area contributed by atoms with Crippen molar-refractivity contribution in [1.82, 2.24) is 20.2 Å². The number of aromatic nitrogens is 4. The summed E-state index contributed by atoms with van der Waals surface area (Å²) in [5.41, 5.74) is 4.47. The molecular weight excluding hydrogens is 238 g/mol. The van der Waals surface area contributed by atoms with E-state index in [0.29, 0.717) is 0 Å². The van der Waals surface area contributed by atoms with Crippen molar-refractivity contribution >= 4 is 5.82 Å². The van der Waals surface area contributed by atoms with Gasteiger partial charge in [0, 0.05) is 23.0 Å². The Bertz CT molecular complexity index is 554. The van der Waals surface area contributed by atoms with Gasteiger partial charge in [0.2, 0.25) is 0 Å². The second-order valence-corrected chi connectivity index (χ2v) is 4.86. The summed E-state index contributed by atoms with van der Waals surface area (Å²) in [6.07, 6.45) is 2.81. The van der Waals surface area contributed by atoms with E-state index in [1.807, 2.05) is 27.0 Å². The maximum atomic E-state index is 4.50. The Hall–Kier alpha value is -1.91. The van der Waals surface area contributed by atoms with Crippen LogP contribution in [0.15, 0.2) is 6.20 Å². The van der Waals surface area contributed by atoms with Gasteiger partial charge in [-0.15, -0.1) is 0 Å². The Labute approximate surface area is 113 Å². The minimum Gasteiger partial charge on any atom is -0.363 e. The van der Waals surface area contributed by atoms with Gasteiger partial charge in [0.15, 0.2) is 0 Å². The van der Waals surface area contributed by atoms with Crippen molar-refractivity contribution in [2.75, 3.05) is 5.32 Å². The van der Waals surface area contributed by atoms with Gasteiger partial charge in [0.05, 0.1) is 11.7 Å². The predicted octanol–water partition coefficient (Wildman–Crippen LogP) is 2.86. The van der Waals surface area contributed by atoms with Crippen LogP contribution in [-0.2, 0) is 6.42 Å². The first-order chi connectivity index (χ1) is 9.02. The van der Waals surface area contributed by atoms with Crippen LogP contribution in [0.25, 0.3) is 0 Å². The van der Waals surface area contributed by atoms with Crippen molar-refractivity contribution in [3.8, 4) is 0 Å². The van der Waals surface area contributed by atoms with Gasteiger partial charge in [-0.25, -0.2) is 9.97 Å². The smallest absolute Gasteiger partial charge is 0.133 e. The number of H-pyrrole nitrogens is 1. The van der Waals surface area contributed by atoms with Gasteiger partial charge in [0.25, 0.3) is 0 Å². The topological polar surface area (TPSA) is 66.5 Å². The molecule has 5 nitrogen and oxygen atoms in total. The minimum absolute atomic E-state index is 0.165. The quantitative estimate of drug-likeness (QED) is 0.886. The van der Waals surface area contributed by atoms with Crippen molar-refractivity contribution in [1.29, 1.82) is 0 Å². The average Bonchev–Trinajstić information content (AvgIpc) is 2.69. The number of hydrogen-bond acceptors (Lipinski definition) is 4. The standard InChI is InChI=1S/C14H21N5/c1-6-12-7-15-11(5)17-14(12)16-8(2)13-9(3)18-19-10(13)4/h7-8H,6H2,1-5H3,(H,18,19)(H,15,16,17)/t8-/m1/s1. The summed E-state index contributed by atoms with van der Waals surface area (Å²) < 4.78 is 0. The first-order valence-electron chi connectivity index (χ1n) is 6.63. The maximum Gasteiger partial charge on any atom is 0.133 e. The molecule has 0 aliphatic carbocycles. The lowest BCUT2D eigenvalue weighted by Gasteiger charge is -2.17. The van der Waals surface area contributed by atoms with Gasteiger partial charge >= 0.3 is 0 Å². The molecule has 0 amide bonds. The number of aromatic amines is 1. The van der Waals surface area contributed by atoms with E-state index in [1.165, 1.54) is 5.56 Å². The third kappa shape index (κ3) is 2.75. The van der Waals surface area contributed by atoms with Crippen LogP contribution in [0.3, 0.4) is 0 Å². The minimum atomic E-state index is 0.165. The van der Waals surface area contributed by atoms with Gasteiger partial charge in [-0.3, -0.25) is 5.10 Å².